The SMILES string of the molecule is CN(CC1CC(O)C1)S(=O)(=O)C1CCS(=O)(=O)CC1. The largest absolute Gasteiger partial charge is 0.393 e. The molecule has 1 saturated carbocycles. The Balaban J connectivity index is 1.94. The van der Waals surface area contributed by atoms with Crippen LogP contribution < -0.4 is 0 Å². The van der Waals surface area contributed by atoms with Gasteiger partial charge in [0, 0.05) is 13.6 Å². The van der Waals surface area contributed by atoms with Crippen molar-refractivity contribution in [1.29, 1.82) is 0 Å². The van der Waals surface area contributed by atoms with Gasteiger partial charge in [-0.1, -0.05) is 0 Å². The van der Waals surface area contributed by atoms with E-state index in [2.05, 4.69) is 0 Å². The number of aliphatic hydroxyl groups is 1. The topological polar surface area (TPSA) is 91.8 Å². The normalized spacial score (nSPS) is 32.2. The standard InChI is InChI=1S/C11H21NO5S2/c1-12(8-9-6-10(13)7-9)19(16,17)11-2-4-18(14,15)5-3-11/h9-11,13H,2-8H2,1H3. The zero-order valence-corrected chi connectivity index (χ0v) is 12.7. The van der Waals surface area contributed by atoms with Crippen LogP contribution in [0.2, 0.25) is 0 Å². The van der Waals surface area contributed by atoms with Gasteiger partial charge in [-0.05, 0) is 31.6 Å². The number of nitrogens with zero attached hydrogens (tertiary/aromatic N) is 1. The summed E-state index contributed by atoms with van der Waals surface area (Å²) in [6.07, 6.45) is 1.41. The summed E-state index contributed by atoms with van der Waals surface area (Å²) in [6, 6.07) is 0. The molecule has 2 aliphatic rings. The molecule has 0 aromatic carbocycles. The Morgan fingerprint density at radius 2 is 1.74 bits per heavy atom. The highest BCUT2D eigenvalue weighted by atomic mass is 32.2. The van der Waals surface area contributed by atoms with Gasteiger partial charge in [0.05, 0.1) is 22.9 Å². The summed E-state index contributed by atoms with van der Waals surface area (Å²) < 4.78 is 48.6. The van der Waals surface area contributed by atoms with Crippen molar-refractivity contribution in [3.63, 3.8) is 0 Å². The zero-order chi connectivity index (χ0) is 14.3. The maximum absolute atomic E-state index is 12.3. The molecule has 1 N–H and O–H groups in total. The number of sulfonamides is 1. The molecule has 1 saturated heterocycles. The van der Waals surface area contributed by atoms with Crippen LogP contribution in [0, 0.1) is 5.92 Å². The van der Waals surface area contributed by atoms with Crippen LogP contribution in [-0.2, 0) is 19.9 Å². The third-order valence-electron chi connectivity index (χ3n) is 4.08. The predicted molar refractivity (Wildman–Crippen MR) is 72.0 cm³/mol. The van der Waals surface area contributed by atoms with E-state index in [0.717, 1.165) is 0 Å². The van der Waals surface area contributed by atoms with Gasteiger partial charge in [-0.3, -0.25) is 0 Å². The van der Waals surface area contributed by atoms with Gasteiger partial charge in [0.15, 0.2) is 0 Å². The summed E-state index contributed by atoms with van der Waals surface area (Å²) in [7, 11) is -4.91. The minimum atomic E-state index is -3.41. The van der Waals surface area contributed by atoms with Gasteiger partial charge < -0.3 is 5.11 Å². The molecule has 0 bridgehead atoms. The molecular weight excluding hydrogens is 290 g/mol. The van der Waals surface area contributed by atoms with Crippen LogP contribution in [0.3, 0.4) is 0 Å². The smallest absolute Gasteiger partial charge is 0.216 e. The number of sulfone groups is 1. The Bertz CT molecular complexity index is 507. The van der Waals surface area contributed by atoms with Gasteiger partial charge in [-0.15, -0.1) is 0 Å². The molecule has 1 aliphatic carbocycles. The van der Waals surface area contributed by atoms with E-state index in [9.17, 15) is 21.9 Å². The van der Waals surface area contributed by atoms with E-state index < -0.39 is 25.1 Å². The lowest BCUT2D eigenvalue weighted by Crippen LogP contribution is -2.45. The van der Waals surface area contributed by atoms with E-state index >= 15 is 0 Å². The molecule has 2 rings (SSSR count). The first kappa shape index (κ1) is 15.2. The van der Waals surface area contributed by atoms with Gasteiger partial charge >= 0.3 is 0 Å². The van der Waals surface area contributed by atoms with Crippen LogP contribution in [0.15, 0.2) is 0 Å². The highest BCUT2D eigenvalue weighted by molar-refractivity contribution is 7.92. The van der Waals surface area contributed by atoms with Gasteiger partial charge in [-0.2, -0.15) is 0 Å². The fraction of sp³-hybridized carbons (Fsp3) is 1.00. The van der Waals surface area contributed by atoms with E-state index in [-0.39, 0.29) is 36.4 Å². The van der Waals surface area contributed by atoms with E-state index in [1.165, 1.54) is 4.31 Å². The lowest BCUT2D eigenvalue weighted by Gasteiger charge is -2.35. The van der Waals surface area contributed by atoms with Crippen LogP contribution in [-0.4, -0.2) is 62.7 Å². The Labute approximate surface area is 114 Å². The Morgan fingerprint density at radius 1 is 1.21 bits per heavy atom. The summed E-state index contributed by atoms with van der Waals surface area (Å²) in [5.74, 6) is 0.154. The monoisotopic (exact) mass is 311 g/mol. The second-order valence-corrected chi connectivity index (χ2v) is 10.3. The molecule has 0 spiro atoms. The molecule has 19 heavy (non-hydrogen) atoms. The highest BCUT2D eigenvalue weighted by Crippen LogP contribution is 2.29. The van der Waals surface area contributed by atoms with Crippen molar-refractivity contribution < 1.29 is 21.9 Å². The van der Waals surface area contributed by atoms with E-state index in [1.54, 1.807) is 7.05 Å². The molecule has 6 nitrogen and oxygen atoms in total. The summed E-state index contributed by atoms with van der Waals surface area (Å²) in [5, 5.41) is 8.63. The van der Waals surface area contributed by atoms with Crippen molar-refractivity contribution in [3.05, 3.63) is 0 Å². The maximum atomic E-state index is 12.3. The number of rotatable bonds is 4. The first-order chi connectivity index (χ1) is 8.71. The van der Waals surface area contributed by atoms with Crippen molar-refractivity contribution >= 4 is 19.9 Å². The quantitative estimate of drug-likeness (QED) is 0.762. The fourth-order valence-electron chi connectivity index (χ4n) is 2.74. The minimum Gasteiger partial charge on any atom is -0.393 e. The van der Waals surface area contributed by atoms with Crippen LogP contribution in [0.25, 0.3) is 0 Å². The molecule has 112 valence electrons. The summed E-state index contributed by atoms with van der Waals surface area (Å²) in [5.41, 5.74) is 0. The van der Waals surface area contributed by atoms with Crippen molar-refractivity contribution in [1.82, 2.24) is 4.31 Å². The number of hydrogen-bond donors (Lipinski definition) is 1. The van der Waals surface area contributed by atoms with Crippen molar-refractivity contribution in [3.8, 4) is 0 Å². The van der Waals surface area contributed by atoms with Gasteiger partial charge in [0.25, 0.3) is 0 Å². The molecule has 0 radical (unpaired) electrons. The predicted octanol–water partition coefficient (Wildman–Crippen LogP) is -0.404. The van der Waals surface area contributed by atoms with Crippen molar-refractivity contribution in [2.24, 2.45) is 5.92 Å². The molecular formula is C11H21NO5S2. The fourth-order valence-corrected chi connectivity index (χ4v) is 6.29. The molecule has 0 atom stereocenters. The first-order valence-corrected chi connectivity index (χ1v) is 9.87. The second-order valence-electron chi connectivity index (χ2n) is 5.67. The minimum absolute atomic E-state index is 0.0348. The van der Waals surface area contributed by atoms with E-state index in [1.807, 2.05) is 0 Å². The Hall–Kier alpha value is -0.180. The molecule has 0 aromatic heterocycles. The Morgan fingerprint density at radius 3 is 2.21 bits per heavy atom. The van der Waals surface area contributed by atoms with Crippen LogP contribution in [0.4, 0.5) is 0 Å². The summed E-state index contributed by atoms with van der Waals surface area (Å²) in [6.45, 7) is 0.419. The number of aliphatic hydroxyl groups excluding tert-OH is 1. The van der Waals surface area contributed by atoms with E-state index in [0.29, 0.717) is 19.4 Å². The molecule has 8 heteroatoms. The Kier molecular flexibility index (Phi) is 4.25. The van der Waals surface area contributed by atoms with E-state index in [4.69, 9.17) is 0 Å². The maximum Gasteiger partial charge on any atom is 0.216 e. The molecule has 1 heterocycles. The molecule has 0 unspecified atom stereocenters. The third-order valence-corrected chi connectivity index (χ3v) is 8.13. The number of hydrogen-bond acceptors (Lipinski definition) is 5. The molecule has 1 aliphatic heterocycles. The molecule has 0 amide bonds. The zero-order valence-electron chi connectivity index (χ0n) is 11.0. The van der Waals surface area contributed by atoms with Crippen LogP contribution in [0.1, 0.15) is 25.7 Å². The van der Waals surface area contributed by atoms with Gasteiger partial charge in [0.2, 0.25) is 10.0 Å². The average molecular weight is 311 g/mol. The lowest BCUT2D eigenvalue weighted by molar-refractivity contribution is 0.0366. The van der Waals surface area contributed by atoms with Gasteiger partial charge in [-0.25, -0.2) is 21.1 Å². The van der Waals surface area contributed by atoms with Crippen molar-refractivity contribution in [2.45, 2.75) is 37.0 Å². The van der Waals surface area contributed by atoms with Gasteiger partial charge in [0.1, 0.15) is 9.84 Å². The van der Waals surface area contributed by atoms with Crippen LogP contribution >= 0.6 is 0 Å². The third kappa shape index (κ3) is 3.48. The second kappa shape index (κ2) is 5.31. The average Bonchev–Trinajstić information content (AvgIpc) is 2.26. The molecule has 2 fully saturated rings. The highest BCUT2D eigenvalue weighted by Gasteiger charge is 2.37. The van der Waals surface area contributed by atoms with Crippen LogP contribution in [0.5, 0.6) is 0 Å². The first-order valence-electron chi connectivity index (χ1n) is 6.54. The van der Waals surface area contributed by atoms with Crippen molar-refractivity contribution in [2.75, 3.05) is 25.1 Å². The summed E-state index contributed by atoms with van der Waals surface area (Å²) >= 11 is 0. The summed E-state index contributed by atoms with van der Waals surface area (Å²) in [4.78, 5) is 0. The lowest BCUT2D eigenvalue weighted by atomic mass is 9.82. The molecule has 0 aromatic rings.